The summed E-state index contributed by atoms with van der Waals surface area (Å²) in [7, 11) is 1.74. The van der Waals surface area contributed by atoms with Crippen LogP contribution in [-0.2, 0) is 11.2 Å². The van der Waals surface area contributed by atoms with Crippen molar-refractivity contribution in [3.05, 3.63) is 35.1 Å². The van der Waals surface area contributed by atoms with E-state index in [0.29, 0.717) is 12.8 Å². The fraction of sp³-hybridized carbons (Fsp3) is 0.571. The maximum absolute atomic E-state index is 13.0. The van der Waals surface area contributed by atoms with E-state index in [2.05, 4.69) is 10.1 Å². The predicted molar refractivity (Wildman–Crippen MR) is 69.2 cm³/mol. The minimum Gasteiger partial charge on any atom is -0.372 e. The lowest BCUT2D eigenvalue weighted by Crippen LogP contribution is -2.30. The van der Waals surface area contributed by atoms with Gasteiger partial charge in [-0.25, -0.2) is 4.39 Å². The average molecular weight is 293 g/mol. The Kier molecular flexibility index (Phi) is 6.42. The second kappa shape index (κ2) is 7.59. The van der Waals surface area contributed by atoms with Crippen LogP contribution < -0.4 is 5.32 Å². The Bertz CT molecular complexity index is 420. The molecule has 0 fully saturated rings. The number of nitrogens with one attached hydrogen (secondary N) is 1. The Morgan fingerprint density at radius 3 is 2.55 bits per heavy atom. The van der Waals surface area contributed by atoms with E-state index in [4.69, 9.17) is 0 Å². The fourth-order valence-electron chi connectivity index (χ4n) is 1.92. The summed E-state index contributed by atoms with van der Waals surface area (Å²) in [4.78, 5) is 0. The number of rotatable bonds is 7. The largest absolute Gasteiger partial charge is 0.411 e. The van der Waals surface area contributed by atoms with E-state index in [1.54, 1.807) is 13.1 Å². The first-order chi connectivity index (χ1) is 9.31. The van der Waals surface area contributed by atoms with Crippen LogP contribution in [0, 0.1) is 12.7 Å². The molecule has 0 saturated heterocycles. The van der Waals surface area contributed by atoms with Crippen molar-refractivity contribution >= 4 is 0 Å². The zero-order valence-electron chi connectivity index (χ0n) is 11.6. The van der Waals surface area contributed by atoms with Gasteiger partial charge in [0.15, 0.2) is 0 Å². The average Bonchev–Trinajstić information content (AvgIpc) is 2.34. The van der Waals surface area contributed by atoms with Gasteiger partial charge in [-0.05, 0) is 50.1 Å². The molecule has 0 aliphatic carbocycles. The van der Waals surface area contributed by atoms with Gasteiger partial charge in [-0.2, -0.15) is 13.2 Å². The van der Waals surface area contributed by atoms with Crippen LogP contribution in [0.2, 0.25) is 0 Å². The summed E-state index contributed by atoms with van der Waals surface area (Å²) in [6.45, 7) is 0.621. The van der Waals surface area contributed by atoms with Crippen molar-refractivity contribution in [2.75, 3.05) is 20.3 Å². The van der Waals surface area contributed by atoms with Crippen LogP contribution in [0.4, 0.5) is 17.6 Å². The van der Waals surface area contributed by atoms with E-state index in [1.807, 2.05) is 6.92 Å². The Morgan fingerprint density at radius 2 is 2.00 bits per heavy atom. The third kappa shape index (κ3) is 6.34. The van der Waals surface area contributed by atoms with Gasteiger partial charge < -0.3 is 10.1 Å². The van der Waals surface area contributed by atoms with Gasteiger partial charge in [-0.1, -0.05) is 6.07 Å². The Morgan fingerprint density at radius 1 is 1.30 bits per heavy atom. The molecule has 0 aliphatic heterocycles. The van der Waals surface area contributed by atoms with Gasteiger partial charge in [0.05, 0.1) is 0 Å². The maximum Gasteiger partial charge on any atom is 0.411 e. The first-order valence-electron chi connectivity index (χ1n) is 6.38. The minimum absolute atomic E-state index is 0.00704. The number of likely N-dealkylation sites (N-methyl/N-ethyl adjacent to an activating group) is 1. The lowest BCUT2D eigenvalue weighted by atomic mass is 9.99. The zero-order valence-corrected chi connectivity index (χ0v) is 11.6. The summed E-state index contributed by atoms with van der Waals surface area (Å²) in [5, 5.41) is 3.04. The van der Waals surface area contributed by atoms with Crippen molar-refractivity contribution in [2.24, 2.45) is 0 Å². The normalized spacial score (nSPS) is 13.5. The van der Waals surface area contributed by atoms with Gasteiger partial charge in [0.1, 0.15) is 12.4 Å². The first kappa shape index (κ1) is 16.9. The molecule has 0 saturated carbocycles. The van der Waals surface area contributed by atoms with Crippen LogP contribution in [0.15, 0.2) is 18.2 Å². The second-order valence-electron chi connectivity index (χ2n) is 4.72. The summed E-state index contributed by atoms with van der Waals surface area (Å²) in [5.74, 6) is -0.291. The van der Waals surface area contributed by atoms with Crippen LogP contribution in [0.5, 0.6) is 0 Å². The number of hydrogen-bond acceptors (Lipinski definition) is 2. The topological polar surface area (TPSA) is 21.3 Å². The number of ether oxygens (including phenoxy) is 1. The lowest BCUT2D eigenvalue weighted by Gasteiger charge is -2.18. The summed E-state index contributed by atoms with van der Waals surface area (Å²) in [5.41, 5.74) is 1.81. The molecule has 0 amide bonds. The van der Waals surface area contributed by atoms with Crippen molar-refractivity contribution in [1.29, 1.82) is 0 Å². The van der Waals surface area contributed by atoms with E-state index in [1.165, 1.54) is 12.1 Å². The molecule has 0 spiro atoms. The number of benzene rings is 1. The smallest absolute Gasteiger partial charge is 0.372 e. The van der Waals surface area contributed by atoms with Crippen LogP contribution in [-0.4, -0.2) is 32.5 Å². The molecule has 6 heteroatoms. The quantitative estimate of drug-likeness (QED) is 0.615. The highest BCUT2D eigenvalue weighted by molar-refractivity contribution is 5.27. The molecule has 1 aromatic rings. The number of hydrogen-bond donors (Lipinski definition) is 1. The Hall–Kier alpha value is -1.14. The van der Waals surface area contributed by atoms with Crippen LogP contribution in [0.3, 0.4) is 0 Å². The predicted octanol–water partition coefficient (Wildman–Crippen LogP) is 3.23. The van der Waals surface area contributed by atoms with E-state index in [-0.39, 0.29) is 18.5 Å². The molecule has 0 aliphatic rings. The molecule has 1 aromatic carbocycles. The lowest BCUT2D eigenvalue weighted by molar-refractivity contribution is -0.174. The summed E-state index contributed by atoms with van der Waals surface area (Å²) in [6.07, 6.45) is -3.20. The third-order valence-electron chi connectivity index (χ3n) is 3.06. The molecular formula is C14H19F4NO. The van der Waals surface area contributed by atoms with Crippen LogP contribution in [0.1, 0.15) is 17.5 Å². The van der Waals surface area contributed by atoms with Crippen molar-refractivity contribution in [2.45, 2.75) is 32.0 Å². The highest BCUT2D eigenvalue weighted by Gasteiger charge is 2.27. The van der Waals surface area contributed by atoms with E-state index >= 15 is 0 Å². The number of aryl methyl sites for hydroxylation is 1. The molecule has 0 heterocycles. The van der Waals surface area contributed by atoms with Crippen molar-refractivity contribution in [1.82, 2.24) is 5.32 Å². The van der Waals surface area contributed by atoms with Gasteiger partial charge in [0, 0.05) is 12.6 Å². The molecule has 1 atom stereocenters. The van der Waals surface area contributed by atoms with E-state index in [9.17, 15) is 17.6 Å². The summed E-state index contributed by atoms with van der Waals surface area (Å²) >= 11 is 0. The van der Waals surface area contributed by atoms with Crippen LogP contribution >= 0.6 is 0 Å². The molecule has 0 aromatic heterocycles. The second-order valence-corrected chi connectivity index (χ2v) is 4.72. The molecule has 1 rings (SSSR count). The van der Waals surface area contributed by atoms with Gasteiger partial charge >= 0.3 is 6.18 Å². The van der Waals surface area contributed by atoms with Crippen molar-refractivity contribution in [3.63, 3.8) is 0 Å². The molecule has 20 heavy (non-hydrogen) atoms. The van der Waals surface area contributed by atoms with Gasteiger partial charge in [0.2, 0.25) is 0 Å². The molecule has 1 unspecified atom stereocenters. The van der Waals surface area contributed by atoms with Crippen molar-refractivity contribution in [3.8, 4) is 0 Å². The highest BCUT2D eigenvalue weighted by atomic mass is 19.4. The van der Waals surface area contributed by atoms with E-state index < -0.39 is 12.8 Å². The summed E-state index contributed by atoms with van der Waals surface area (Å²) < 4.78 is 53.3. The molecule has 114 valence electrons. The molecule has 0 bridgehead atoms. The standard InChI is InChI=1S/C14H19F4NO/c1-10-7-12(15)4-3-11(10)8-13(19-2)5-6-20-9-14(16,17)18/h3-4,7,13,19H,5-6,8-9H2,1-2H3. The minimum atomic E-state index is -4.29. The van der Waals surface area contributed by atoms with Gasteiger partial charge in [-0.15, -0.1) is 0 Å². The Labute approximate surface area is 116 Å². The fourth-order valence-corrected chi connectivity index (χ4v) is 1.92. The highest BCUT2D eigenvalue weighted by Crippen LogP contribution is 2.16. The van der Waals surface area contributed by atoms with E-state index in [0.717, 1.165) is 11.1 Å². The van der Waals surface area contributed by atoms with Crippen LogP contribution in [0.25, 0.3) is 0 Å². The monoisotopic (exact) mass is 293 g/mol. The third-order valence-corrected chi connectivity index (χ3v) is 3.06. The first-order valence-corrected chi connectivity index (χ1v) is 6.38. The molecular weight excluding hydrogens is 274 g/mol. The molecule has 1 N–H and O–H groups in total. The number of halogens is 4. The Balaban J connectivity index is 2.43. The van der Waals surface area contributed by atoms with Gasteiger partial charge in [-0.3, -0.25) is 0 Å². The molecule has 2 nitrogen and oxygen atoms in total. The molecule has 0 radical (unpaired) electrons. The summed E-state index contributed by atoms with van der Waals surface area (Å²) in [6, 6.07) is 4.52. The van der Waals surface area contributed by atoms with Crippen molar-refractivity contribution < 1.29 is 22.3 Å². The maximum atomic E-state index is 13.0. The number of alkyl halides is 3. The van der Waals surface area contributed by atoms with Gasteiger partial charge in [0.25, 0.3) is 0 Å². The SMILES string of the molecule is CNC(CCOCC(F)(F)F)Cc1ccc(F)cc1C. The zero-order chi connectivity index (χ0) is 15.2.